The molecule has 0 aromatic heterocycles. The maximum absolute atomic E-state index is 8.88. The van der Waals surface area contributed by atoms with E-state index in [-0.39, 0.29) is 0 Å². The highest BCUT2D eigenvalue weighted by molar-refractivity contribution is 9.11. The van der Waals surface area contributed by atoms with Gasteiger partial charge in [-0.1, -0.05) is 22.5 Å². The molecule has 3 nitrogen and oxygen atoms in total. The lowest BCUT2D eigenvalue weighted by molar-refractivity contribution is 0.415. The first-order valence-electron chi connectivity index (χ1n) is 4.32. The number of nitriles is 1. The van der Waals surface area contributed by atoms with Gasteiger partial charge in [-0.05, 0) is 12.1 Å². The van der Waals surface area contributed by atoms with Crippen molar-refractivity contribution in [2.75, 3.05) is 19.0 Å². The van der Waals surface area contributed by atoms with Gasteiger partial charge in [0.25, 0.3) is 0 Å². The van der Waals surface area contributed by atoms with Crippen LogP contribution in [0.1, 0.15) is 5.56 Å². The van der Waals surface area contributed by atoms with E-state index in [1.165, 1.54) is 0 Å². The topological polar surface area (TPSA) is 45.0 Å². The van der Waals surface area contributed by atoms with Crippen LogP contribution < -0.4 is 10.1 Å². The molecule has 0 unspecified atom stereocenters. The van der Waals surface area contributed by atoms with Gasteiger partial charge in [0.2, 0.25) is 0 Å². The first-order chi connectivity index (χ1) is 7.17. The zero-order valence-corrected chi connectivity index (χ0v) is 9.97. The van der Waals surface area contributed by atoms with E-state index in [9.17, 15) is 0 Å². The van der Waals surface area contributed by atoms with E-state index in [0.29, 0.717) is 12.1 Å². The number of halogens is 1. The van der Waals surface area contributed by atoms with E-state index in [1.54, 1.807) is 25.3 Å². The number of ether oxygens (including phenoxy) is 1. The predicted octanol–water partition coefficient (Wildman–Crippen LogP) is 2.89. The molecule has 0 heterocycles. The Bertz CT molecular complexity index is 410. The summed E-state index contributed by atoms with van der Waals surface area (Å²) >= 11 is 3.24. The Labute approximate surface area is 97.5 Å². The molecule has 0 radical (unpaired) electrons. The highest BCUT2D eigenvalue weighted by Gasteiger charge is 2.03. The van der Waals surface area contributed by atoms with E-state index in [1.807, 2.05) is 0 Å². The number of hydrogen-bond acceptors (Lipinski definition) is 3. The standard InChI is InChI=1S/C11H11BrN2O/c1-8(12)7-14-11-5-10(15-2)4-3-9(11)6-13/h3-5,14H,1,7H2,2H3. The molecule has 1 aromatic carbocycles. The molecule has 1 N–H and O–H groups in total. The summed E-state index contributed by atoms with van der Waals surface area (Å²) in [5, 5.41) is 12.0. The van der Waals surface area contributed by atoms with Gasteiger partial charge in [-0.25, -0.2) is 0 Å². The van der Waals surface area contributed by atoms with Crippen molar-refractivity contribution in [3.05, 3.63) is 34.8 Å². The number of benzene rings is 1. The molecular weight excluding hydrogens is 256 g/mol. The van der Waals surface area contributed by atoms with Crippen molar-refractivity contribution in [2.24, 2.45) is 0 Å². The largest absolute Gasteiger partial charge is 0.497 e. The SMILES string of the molecule is C=C(Br)CNc1cc(OC)ccc1C#N. The van der Waals surface area contributed by atoms with Gasteiger partial charge in [0.15, 0.2) is 0 Å². The van der Waals surface area contributed by atoms with Crippen LogP contribution in [0.2, 0.25) is 0 Å². The molecule has 0 saturated heterocycles. The highest BCUT2D eigenvalue weighted by Crippen LogP contribution is 2.22. The number of nitrogens with one attached hydrogen (secondary N) is 1. The van der Waals surface area contributed by atoms with Crippen molar-refractivity contribution >= 4 is 21.6 Å². The first kappa shape index (κ1) is 11.6. The first-order valence-corrected chi connectivity index (χ1v) is 5.12. The second-order valence-corrected chi connectivity index (χ2v) is 4.02. The van der Waals surface area contributed by atoms with Crippen LogP contribution in [0, 0.1) is 11.3 Å². The lowest BCUT2D eigenvalue weighted by atomic mass is 10.2. The normalized spacial score (nSPS) is 9.13. The van der Waals surface area contributed by atoms with Crippen molar-refractivity contribution in [1.82, 2.24) is 0 Å². The minimum absolute atomic E-state index is 0.571. The van der Waals surface area contributed by atoms with Gasteiger partial charge in [0.1, 0.15) is 11.8 Å². The van der Waals surface area contributed by atoms with Crippen LogP contribution in [0.25, 0.3) is 0 Å². The summed E-state index contributed by atoms with van der Waals surface area (Å²) in [5.74, 6) is 0.719. The second kappa shape index (κ2) is 5.42. The molecule has 0 fully saturated rings. The maximum atomic E-state index is 8.88. The van der Waals surface area contributed by atoms with Gasteiger partial charge in [-0.15, -0.1) is 0 Å². The summed E-state index contributed by atoms with van der Waals surface area (Å²) < 4.78 is 5.91. The molecule has 0 aliphatic carbocycles. The Balaban J connectivity index is 2.92. The molecule has 0 amide bonds. The Morgan fingerprint density at radius 2 is 2.40 bits per heavy atom. The van der Waals surface area contributed by atoms with E-state index < -0.39 is 0 Å². The van der Waals surface area contributed by atoms with E-state index in [4.69, 9.17) is 10.00 Å². The third kappa shape index (κ3) is 3.30. The number of methoxy groups -OCH3 is 1. The third-order valence-electron chi connectivity index (χ3n) is 1.82. The average molecular weight is 267 g/mol. The molecule has 1 aromatic rings. The zero-order chi connectivity index (χ0) is 11.3. The number of nitrogens with zero attached hydrogens (tertiary/aromatic N) is 1. The van der Waals surface area contributed by atoms with Crippen molar-refractivity contribution in [3.8, 4) is 11.8 Å². The lowest BCUT2D eigenvalue weighted by Gasteiger charge is -2.08. The van der Waals surface area contributed by atoms with Crippen molar-refractivity contribution < 1.29 is 4.74 Å². The van der Waals surface area contributed by atoms with E-state index >= 15 is 0 Å². The van der Waals surface area contributed by atoms with Crippen molar-refractivity contribution in [2.45, 2.75) is 0 Å². The van der Waals surface area contributed by atoms with Gasteiger partial charge in [-0.2, -0.15) is 5.26 Å². The molecule has 0 saturated carbocycles. The molecule has 0 aliphatic heterocycles. The van der Waals surface area contributed by atoms with Gasteiger partial charge in [0.05, 0.1) is 18.4 Å². The average Bonchev–Trinajstić information content (AvgIpc) is 2.25. The summed E-state index contributed by atoms with van der Waals surface area (Å²) in [6, 6.07) is 7.37. The molecule has 78 valence electrons. The predicted molar refractivity (Wildman–Crippen MR) is 64.3 cm³/mol. The molecule has 0 atom stereocenters. The van der Waals surface area contributed by atoms with Gasteiger partial charge >= 0.3 is 0 Å². The highest BCUT2D eigenvalue weighted by atomic mass is 79.9. The Kier molecular flexibility index (Phi) is 4.19. The monoisotopic (exact) mass is 266 g/mol. The number of anilines is 1. The summed E-state index contributed by atoms with van der Waals surface area (Å²) in [6.07, 6.45) is 0. The van der Waals surface area contributed by atoms with Crippen molar-refractivity contribution in [3.63, 3.8) is 0 Å². The van der Waals surface area contributed by atoms with Crippen LogP contribution in [-0.2, 0) is 0 Å². The molecule has 0 spiro atoms. The summed E-state index contributed by atoms with van der Waals surface area (Å²) in [4.78, 5) is 0. The summed E-state index contributed by atoms with van der Waals surface area (Å²) in [6.45, 7) is 4.28. The minimum Gasteiger partial charge on any atom is -0.497 e. The van der Waals surface area contributed by atoms with E-state index in [2.05, 4.69) is 33.9 Å². The van der Waals surface area contributed by atoms with Crippen molar-refractivity contribution in [1.29, 1.82) is 5.26 Å². The Hall–Kier alpha value is -1.47. The van der Waals surface area contributed by atoms with Gasteiger partial charge in [-0.3, -0.25) is 0 Å². The van der Waals surface area contributed by atoms with Crippen LogP contribution in [0.3, 0.4) is 0 Å². The molecule has 15 heavy (non-hydrogen) atoms. The molecule has 0 aliphatic rings. The fourth-order valence-corrected chi connectivity index (χ4v) is 1.23. The second-order valence-electron chi connectivity index (χ2n) is 2.89. The molecule has 4 heteroatoms. The summed E-state index contributed by atoms with van der Waals surface area (Å²) in [7, 11) is 1.59. The van der Waals surface area contributed by atoms with Gasteiger partial charge in [0, 0.05) is 17.1 Å². The van der Waals surface area contributed by atoms with Gasteiger partial charge < -0.3 is 10.1 Å². The lowest BCUT2D eigenvalue weighted by Crippen LogP contribution is -2.02. The smallest absolute Gasteiger partial charge is 0.121 e. The van der Waals surface area contributed by atoms with Crippen LogP contribution in [0.4, 0.5) is 5.69 Å². The maximum Gasteiger partial charge on any atom is 0.121 e. The molecule has 0 bridgehead atoms. The number of hydrogen-bond donors (Lipinski definition) is 1. The van der Waals surface area contributed by atoms with Crippen LogP contribution in [0.15, 0.2) is 29.3 Å². The Morgan fingerprint density at radius 1 is 1.67 bits per heavy atom. The minimum atomic E-state index is 0.571. The quantitative estimate of drug-likeness (QED) is 0.912. The molecular formula is C11H11BrN2O. The summed E-state index contributed by atoms with van der Waals surface area (Å²) in [5.41, 5.74) is 1.34. The fourth-order valence-electron chi connectivity index (χ4n) is 1.09. The van der Waals surface area contributed by atoms with Crippen LogP contribution >= 0.6 is 15.9 Å². The number of rotatable bonds is 4. The van der Waals surface area contributed by atoms with Crippen LogP contribution in [0.5, 0.6) is 5.75 Å². The van der Waals surface area contributed by atoms with Crippen LogP contribution in [-0.4, -0.2) is 13.7 Å². The Morgan fingerprint density at radius 3 is 2.93 bits per heavy atom. The fraction of sp³-hybridized carbons (Fsp3) is 0.182. The zero-order valence-electron chi connectivity index (χ0n) is 8.38. The third-order valence-corrected chi connectivity index (χ3v) is 2.10. The van der Waals surface area contributed by atoms with E-state index in [0.717, 1.165) is 15.9 Å². The molecule has 1 rings (SSSR count).